The van der Waals surface area contributed by atoms with Crippen molar-refractivity contribution in [2.45, 2.75) is 20.3 Å². The van der Waals surface area contributed by atoms with Crippen LogP contribution >= 0.6 is 0 Å². The van der Waals surface area contributed by atoms with Gasteiger partial charge in [0.1, 0.15) is 17.2 Å². The van der Waals surface area contributed by atoms with Crippen molar-refractivity contribution >= 4 is 17.4 Å². The zero-order valence-corrected chi connectivity index (χ0v) is 12.0. The third kappa shape index (κ3) is 2.38. The van der Waals surface area contributed by atoms with Gasteiger partial charge < -0.3 is 5.32 Å². The van der Waals surface area contributed by atoms with E-state index in [0.29, 0.717) is 17.9 Å². The molecule has 1 N–H and O–H groups in total. The molecule has 0 aliphatic heterocycles. The van der Waals surface area contributed by atoms with Crippen molar-refractivity contribution < 1.29 is 4.79 Å². The molecular formula is C16H16N4O. The normalized spacial score (nSPS) is 10.8. The highest BCUT2D eigenvalue weighted by Gasteiger charge is 2.18. The molecule has 0 saturated heterocycles. The van der Waals surface area contributed by atoms with Gasteiger partial charge in [0, 0.05) is 12.4 Å². The second kappa shape index (κ2) is 5.36. The maximum Gasteiger partial charge on any atom is 0.275 e. The van der Waals surface area contributed by atoms with E-state index in [-0.39, 0.29) is 5.91 Å². The van der Waals surface area contributed by atoms with Gasteiger partial charge in [0.2, 0.25) is 0 Å². The number of nitrogens with zero attached hydrogens (tertiary/aromatic N) is 3. The van der Waals surface area contributed by atoms with Crippen LogP contribution in [0.4, 0.5) is 5.82 Å². The number of carbonyl (C=O) groups excluding carboxylic acids is 1. The Morgan fingerprint density at radius 2 is 2.14 bits per heavy atom. The summed E-state index contributed by atoms with van der Waals surface area (Å²) in [6, 6.07) is 9.44. The SMILES string of the molecule is CCc1nc2ccccn2c1C(=O)Nc1ncccc1C. The summed E-state index contributed by atoms with van der Waals surface area (Å²) in [5, 5.41) is 2.87. The molecule has 3 heterocycles. The Bertz CT molecular complexity index is 807. The predicted molar refractivity (Wildman–Crippen MR) is 81.5 cm³/mol. The highest BCUT2D eigenvalue weighted by Crippen LogP contribution is 2.16. The van der Waals surface area contributed by atoms with E-state index in [0.717, 1.165) is 16.9 Å². The van der Waals surface area contributed by atoms with Crippen LogP contribution in [0, 0.1) is 6.92 Å². The minimum absolute atomic E-state index is 0.188. The van der Waals surface area contributed by atoms with Crippen LogP contribution in [0.15, 0.2) is 42.7 Å². The molecule has 0 spiro atoms. The lowest BCUT2D eigenvalue weighted by molar-refractivity contribution is 0.102. The van der Waals surface area contributed by atoms with Crippen molar-refractivity contribution in [3.8, 4) is 0 Å². The molecule has 0 bridgehead atoms. The van der Waals surface area contributed by atoms with Crippen LogP contribution in [0.1, 0.15) is 28.7 Å². The molecule has 0 fully saturated rings. The topological polar surface area (TPSA) is 59.3 Å². The van der Waals surface area contributed by atoms with Gasteiger partial charge >= 0.3 is 0 Å². The number of hydrogen-bond acceptors (Lipinski definition) is 3. The molecule has 0 unspecified atom stereocenters. The fourth-order valence-electron chi connectivity index (χ4n) is 2.31. The summed E-state index contributed by atoms with van der Waals surface area (Å²) in [7, 11) is 0. The molecule has 0 aliphatic rings. The highest BCUT2D eigenvalue weighted by atomic mass is 16.2. The summed E-state index contributed by atoms with van der Waals surface area (Å²) in [5.74, 6) is 0.391. The van der Waals surface area contributed by atoms with Gasteiger partial charge in [0.25, 0.3) is 5.91 Å². The number of carbonyl (C=O) groups is 1. The molecule has 106 valence electrons. The van der Waals surface area contributed by atoms with Gasteiger partial charge in [-0.3, -0.25) is 9.20 Å². The lowest BCUT2D eigenvalue weighted by Crippen LogP contribution is -2.17. The van der Waals surface area contributed by atoms with Gasteiger partial charge in [-0.15, -0.1) is 0 Å². The van der Waals surface area contributed by atoms with E-state index in [2.05, 4.69) is 15.3 Å². The third-order valence-electron chi connectivity index (χ3n) is 3.39. The standard InChI is InChI=1S/C16H16N4O/c1-3-12-14(20-10-5-4-8-13(20)18-12)16(21)19-15-11(2)7-6-9-17-15/h4-10H,3H2,1-2H3,(H,17,19,21). The Labute approximate surface area is 122 Å². The van der Waals surface area contributed by atoms with Gasteiger partial charge in [-0.05, 0) is 37.1 Å². The molecule has 3 aromatic heterocycles. The Morgan fingerprint density at radius 3 is 2.90 bits per heavy atom. The number of hydrogen-bond donors (Lipinski definition) is 1. The molecule has 5 heteroatoms. The van der Waals surface area contributed by atoms with Gasteiger partial charge in [0.15, 0.2) is 0 Å². The van der Waals surface area contributed by atoms with E-state index in [4.69, 9.17) is 0 Å². The van der Waals surface area contributed by atoms with Crippen LogP contribution < -0.4 is 5.32 Å². The number of aryl methyl sites for hydroxylation is 2. The van der Waals surface area contributed by atoms with E-state index in [1.807, 2.05) is 54.8 Å². The first-order valence-electron chi connectivity index (χ1n) is 6.89. The first-order chi connectivity index (χ1) is 10.2. The maximum atomic E-state index is 12.6. The van der Waals surface area contributed by atoms with Crippen LogP contribution in [-0.4, -0.2) is 20.3 Å². The number of aromatic nitrogens is 3. The maximum absolute atomic E-state index is 12.6. The van der Waals surface area contributed by atoms with Gasteiger partial charge in [-0.25, -0.2) is 9.97 Å². The molecule has 3 rings (SSSR count). The number of imidazole rings is 1. The molecule has 0 atom stereocenters. The van der Waals surface area contributed by atoms with Crippen LogP contribution in [0.5, 0.6) is 0 Å². The minimum atomic E-state index is -0.188. The first-order valence-corrected chi connectivity index (χ1v) is 6.89. The molecule has 0 radical (unpaired) electrons. The quantitative estimate of drug-likeness (QED) is 0.802. The first kappa shape index (κ1) is 13.3. The summed E-state index contributed by atoms with van der Waals surface area (Å²) in [5.41, 5.74) is 3.06. The fraction of sp³-hybridized carbons (Fsp3) is 0.188. The fourth-order valence-corrected chi connectivity index (χ4v) is 2.31. The lowest BCUT2D eigenvalue weighted by atomic mass is 10.2. The average molecular weight is 280 g/mol. The van der Waals surface area contributed by atoms with Crippen molar-refractivity contribution in [2.24, 2.45) is 0 Å². The monoisotopic (exact) mass is 280 g/mol. The Morgan fingerprint density at radius 1 is 1.29 bits per heavy atom. The van der Waals surface area contributed by atoms with E-state index < -0.39 is 0 Å². The molecule has 1 amide bonds. The molecule has 3 aromatic rings. The molecule has 0 aliphatic carbocycles. The lowest BCUT2D eigenvalue weighted by Gasteiger charge is -2.07. The Kier molecular flexibility index (Phi) is 3.39. The second-order valence-electron chi connectivity index (χ2n) is 4.81. The molecule has 21 heavy (non-hydrogen) atoms. The molecule has 0 aromatic carbocycles. The van der Waals surface area contributed by atoms with Crippen molar-refractivity contribution in [1.29, 1.82) is 0 Å². The molecule has 0 saturated carbocycles. The van der Waals surface area contributed by atoms with E-state index in [1.54, 1.807) is 6.20 Å². The van der Waals surface area contributed by atoms with Crippen molar-refractivity contribution in [1.82, 2.24) is 14.4 Å². The number of nitrogens with one attached hydrogen (secondary N) is 1. The average Bonchev–Trinajstić information content (AvgIpc) is 2.88. The Balaban J connectivity index is 2.03. The number of amides is 1. The summed E-state index contributed by atoms with van der Waals surface area (Å²) in [6.07, 6.45) is 4.21. The van der Waals surface area contributed by atoms with Crippen molar-refractivity contribution in [3.05, 3.63) is 59.7 Å². The van der Waals surface area contributed by atoms with Gasteiger partial charge in [-0.1, -0.05) is 19.1 Å². The van der Waals surface area contributed by atoms with E-state index >= 15 is 0 Å². The number of pyridine rings is 2. The largest absolute Gasteiger partial charge is 0.305 e. The Hall–Kier alpha value is -2.69. The zero-order valence-electron chi connectivity index (χ0n) is 12.0. The number of rotatable bonds is 3. The van der Waals surface area contributed by atoms with Gasteiger partial charge in [0.05, 0.1) is 5.69 Å². The van der Waals surface area contributed by atoms with Crippen molar-refractivity contribution in [2.75, 3.05) is 5.32 Å². The van der Waals surface area contributed by atoms with E-state index in [9.17, 15) is 4.79 Å². The molecular weight excluding hydrogens is 264 g/mol. The van der Waals surface area contributed by atoms with Crippen LogP contribution in [-0.2, 0) is 6.42 Å². The summed E-state index contributed by atoms with van der Waals surface area (Å²) in [6.45, 7) is 3.91. The summed E-state index contributed by atoms with van der Waals surface area (Å²) >= 11 is 0. The van der Waals surface area contributed by atoms with E-state index in [1.165, 1.54) is 0 Å². The highest BCUT2D eigenvalue weighted by molar-refractivity contribution is 6.04. The minimum Gasteiger partial charge on any atom is -0.305 e. The second-order valence-corrected chi connectivity index (χ2v) is 4.81. The third-order valence-corrected chi connectivity index (χ3v) is 3.39. The molecule has 5 nitrogen and oxygen atoms in total. The van der Waals surface area contributed by atoms with Crippen LogP contribution in [0.25, 0.3) is 5.65 Å². The summed E-state index contributed by atoms with van der Waals surface area (Å²) in [4.78, 5) is 21.3. The van der Waals surface area contributed by atoms with Crippen LogP contribution in [0.2, 0.25) is 0 Å². The predicted octanol–water partition coefficient (Wildman–Crippen LogP) is 2.85. The number of fused-ring (bicyclic) bond motifs is 1. The van der Waals surface area contributed by atoms with Crippen molar-refractivity contribution in [3.63, 3.8) is 0 Å². The van der Waals surface area contributed by atoms with Crippen LogP contribution in [0.3, 0.4) is 0 Å². The summed E-state index contributed by atoms with van der Waals surface area (Å²) < 4.78 is 1.81. The zero-order chi connectivity index (χ0) is 14.8. The van der Waals surface area contributed by atoms with Gasteiger partial charge in [-0.2, -0.15) is 0 Å². The smallest absolute Gasteiger partial charge is 0.275 e. The number of anilines is 1.